The van der Waals surface area contributed by atoms with Crippen LogP contribution in [0.25, 0.3) is 0 Å². The first-order valence-corrected chi connectivity index (χ1v) is 9.20. The van der Waals surface area contributed by atoms with Crippen LogP contribution in [0.1, 0.15) is 26.2 Å². The quantitative estimate of drug-likeness (QED) is 0.591. The van der Waals surface area contributed by atoms with Gasteiger partial charge in [-0.2, -0.15) is 0 Å². The highest BCUT2D eigenvalue weighted by molar-refractivity contribution is 7.88. The molecule has 1 fully saturated rings. The summed E-state index contributed by atoms with van der Waals surface area (Å²) in [6, 6.07) is 0. The van der Waals surface area contributed by atoms with Crippen LogP contribution in [0.3, 0.4) is 0 Å². The fraction of sp³-hybridized carbons (Fsp3) is 0.923. The van der Waals surface area contributed by atoms with Crippen LogP contribution in [0.4, 0.5) is 0 Å². The molecule has 0 bridgehead atoms. The van der Waals surface area contributed by atoms with Crippen molar-refractivity contribution in [3.63, 3.8) is 0 Å². The summed E-state index contributed by atoms with van der Waals surface area (Å²) in [6.07, 6.45) is 3.09. The number of methoxy groups -OCH3 is 1. The van der Waals surface area contributed by atoms with E-state index in [0.29, 0.717) is 38.9 Å². The molecule has 1 heterocycles. The second kappa shape index (κ2) is 8.07. The van der Waals surface area contributed by atoms with E-state index in [9.17, 15) is 13.2 Å². The lowest BCUT2D eigenvalue weighted by Gasteiger charge is -2.34. The lowest BCUT2D eigenvalue weighted by Crippen LogP contribution is -2.54. The number of nitrogens with one attached hydrogen (secondary N) is 2. The third-order valence-electron chi connectivity index (χ3n) is 3.91. The molecule has 0 radical (unpaired) electrons. The summed E-state index contributed by atoms with van der Waals surface area (Å²) < 4.78 is 29.7. The van der Waals surface area contributed by atoms with Crippen molar-refractivity contribution in [3.8, 4) is 0 Å². The summed E-state index contributed by atoms with van der Waals surface area (Å²) in [7, 11) is -1.60. The van der Waals surface area contributed by atoms with Gasteiger partial charge in [-0.25, -0.2) is 12.7 Å². The van der Waals surface area contributed by atoms with Crippen LogP contribution in [0, 0.1) is 0 Å². The number of nitrogens with zero attached hydrogens (tertiary/aromatic N) is 1. The first kappa shape index (κ1) is 18.3. The zero-order chi connectivity index (χ0) is 15.9. The molecular formula is C13H27N3O4S. The van der Waals surface area contributed by atoms with Crippen molar-refractivity contribution in [1.29, 1.82) is 0 Å². The highest BCUT2D eigenvalue weighted by atomic mass is 32.2. The molecule has 1 aliphatic rings. The first-order valence-electron chi connectivity index (χ1n) is 7.35. The van der Waals surface area contributed by atoms with Crippen LogP contribution in [0.2, 0.25) is 0 Å². The molecule has 8 heteroatoms. The van der Waals surface area contributed by atoms with Crippen molar-refractivity contribution >= 4 is 15.9 Å². The van der Waals surface area contributed by atoms with Gasteiger partial charge in [0.1, 0.15) is 5.60 Å². The van der Waals surface area contributed by atoms with Gasteiger partial charge >= 0.3 is 0 Å². The summed E-state index contributed by atoms with van der Waals surface area (Å²) >= 11 is 0. The minimum atomic E-state index is -3.17. The molecule has 2 N–H and O–H groups in total. The molecular weight excluding hydrogens is 294 g/mol. The van der Waals surface area contributed by atoms with Crippen LogP contribution in [-0.2, 0) is 19.6 Å². The van der Waals surface area contributed by atoms with E-state index >= 15 is 0 Å². The van der Waals surface area contributed by atoms with Gasteiger partial charge in [0.25, 0.3) is 5.91 Å². The highest BCUT2D eigenvalue weighted by Crippen LogP contribution is 2.22. The molecule has 0 aromatic heterocycles. The van der Waals surface area contributed by atoms with Crippen LogP contribution in [0.15, 0.2) is 0 Å². The average Bonchev–Trinajstić information content (AvgIpc) is 2.46. The van der Waals surface area contributed by atoms with Crippen molar-refractivity contribution in [2.75, 3.05) is 46.1 Å². The molecule has 1 aliphatic heterocycles. The molecule has 7 nitrogen and oxygen atoms in total. The summed E-state index contributed by atoms with van der Waals surface area (Å²) in [4.78, 5) is 12.3. The summed E-state index contributed by atoms with van der Waals surface area (Å²) in [6.45, 7) is 4.63. The number of sulfonamides is 1. The number of hydrogen-bond donors (Lipinski definition) is 2. The Balaban J connectivity index is 2.39. The molecule has 21 heavy (non-hydrogen) atoms. The van der Waals surface area contributed by atoms with Crippen molar-refractivity contribution in [2.24, 2.45) is 0 Å². The fourth-order valence-corrected chi connectivity index (χ4v) is 3.46. The molecule has 1 saturated heterocycles. The molecule has 0 aromatic rings. The summed E-state index contributed by atoms with van der Waals surface area (Å²) in [5, 5.41) is 6.06. The van der Waals surface area contributed by atoms with Crippen LogP contribution in [0.5, 0.6) is 0 Å². The minimum absolute atomic E-state index is 0.103. The topological polar surface area (TPSA) is 87.7 Å². The Bertz CT molecular complexity index is 433. The second-order valence-electron chi connectivity index (χ2n) is 5.31. The average molecular weight is 321 g/mol. The van der Waals surface area contributed by atoms with Gasteiger partial charge < -0.3 is 15.4 Å². The third-order valence-corrected chi connectivity index (χ3v) is 5.29. The van der Waals surface area contributed by atoms with Gasteiger partial charge in [0, 0.05) is 26.7 Å². The first-order chi connectivity index (χ1) is 9.85. The molecule has 0 unspecified atom stereocenters. The normalized spacial score (nSPS) is 18.7. The van der Waals surface area contributed by atoms with E-state index in [2.05, 4.69) is 10.6 Å². The maximum Gasteiger partial charge on any atom is 0.252 e. The van der Waals surface area contributed by atoms with E-state index in [4.69, 9.17) is 4.74 Å². The second-order valence-corrected chi connectivity index (χ2v) is 7.29. The predicted octanol–water partition coefficient (Wildman–Crippen LogP) is -0.457. The van der Waals surface area contributed by atoms with Crippen LogP contribution < -0.4 is 10.6 Å². The van der Waals surface area contributed by atoms with E-state index in [0.717, 1.165) is 13.1 Å². The lowest BCUT2D eigenvalue weighted by atomic mass is 9.91. The number of carbonyl (C=O) groups is 1. The number of carbonyl (C=O) groups excluding carboxylic acids is 1. The maximum atomic E-state index is 12.3. The van der Waals surface area contributed by atoms with Crippen LogP contribution >= 0.6 is 0 Å². The summed E-state index contributed by atoms with van der Waals surface area (Å²) in [5.41, 5.74) is -0.744. The van der Waals surface area contributed by atoms with Crippen molar-refractivity contribution in [1.82, 2.24) is 14.9 Å². The lowest BCUT2D eigenvalue weighted by molar-refractivity contribution is -0.146. The van der Waals surface area contributed by atoms with E-state index in [1.807, 2.05) is 0 Å². The Morgan fingerprint density at radius 2 is 2.00 bits per heavy atom. The smallest absolute Gasteiger partial charge is 0.252 e. The van der Waals surface area contributed by atoms with Gasteiger partial charge in [-0.1, -0.05) is 6.92 Å². The van der Waals surface area contributed by atoms with E-state index in [1.165, 1.54) is 10.6 Å². The Hall–Kier alpha value is -0.700. The Labute approximate surface area is 127 Å². The minimum Gasteiger partial charge on any atom is -0.368 e. The molecule has 1 amide bonds. The highest BCUT2D eigenvalue weighted by Gasteiger charge is 2.39. The zero-order valence-electron chi connectivity index (χ0n) is 13.1. The van der Waals surface area contributed by atoms with Gasteiger partial charge in [-0.05, 0) is 32.4 Å². The predicted molar refractivity (Wildman–Crippen MR) is 81.6 cm³/mol. The van der Waals surface area contributed by atoms with E-state index < -0.39 is 15.6 Å². The van der Waals surface area contributed by atoms with Crippen molar-refractivity contribution in [3.05, 3.63) is 0 Å². The third kappa shape index (κ3) is 5.21. The number of amides is 1. The zero-order valence-corrected chi connectivity index (χ0v) is 14.0. The Morgan fingerprint density at radius 3 is 2.48 bits per heavy atom. The molecule has 0 saturated carbocycles. The number of piperidine rings is 1. The maximum absolute atomic E-state index is 12.3. The van der Waals surface area contributed by atoms with E-state index in [-0.39, 0.29) is 5.91 Å². The van der Waals surface area contributed by atoms with Crippen LogP contribution in [-0.4, -0.2) is 70.3 Å². The summed E-state index contributed by atoms with van der Waals surface area (Å²) in [5.74, 6) is -0.103. The molecule has 0 aliphatic carbocycles. The molecule has 0 aromatic carbocycles. The number of hydrogen-bond acceptors (Lipinski definition) is 5. The molecule has 0 atom stereocenters. The molecule has 0 spiro atoms. The number of ether oxygens (including phenoxy) is 1. The monoisotopic (exact) mass is 321 g/mol. The van der Waals surface area contributed by atoms with Gasteiger partial charge in [0.2, 0.25) is 10.0 Å². The van der Waals surface area contributed by atoms with Gasteiger partial charge in [-0.15, -0.1) is 0 Å². The number of rotatable bonds is 8. The van der Waals surface area contributed by atoms with Gasteiger partial charge in [0.15, 0.2) is 0 Å². The van der Waals surface area contributed by atoms with Gasteiger partial charge in [0.05, 0.1) is 6.26 Å². The standard InChI is InChI=1S/C13H27N3O4S/c1-4-16(21(3,18)19)11-5-8-15-12(17)13(20-2)6-9-14-10-7-13/h14H,4-11H2,1-3H3,(H,15,17). The van der Waals surface area contributed by atoms with Gasteiger partial charge in [-0.3, -0.25) is 4.79 Å². The van der Waals surface area contributed by atoms with Crippen molar-refractivity contribution in [2.45, 2.75) is 31.8 Å². The molecule has 124 valence electrons. The molecule has 1 rings (SSSR count). The fourth-order valence-electron chi connectivity index (χ4n) is 2.53. The Morgan fingerprint density at radius 1 is 1.38 bits per heavy atom. The SMILES string of the molecule is CCN(CCCNC(=O)C1(OC)CCNCC1)S(C)(=O)=O. The largest absolute Gasteiger partial charge is 0.368 e. The Kier molecular flexibility index (Phi) is 7.05. The van der Waals surface area contributed by atoms with Crippen molar-refractivity contribution < 1.29 is 17.9 Å². The van der Waals surface area contributed by atoms with E-state index in [1.54, 1.807) is 14.0 Å².